The topological polar surface area (TPSA) is 24.1 Å². The Balaban J connectivity index is 2.29. The Kier molecular flexibility index (Phi) is 3.51. The average molecular weight is 226 g/mol. The molecule has 1 aromatic rings. The second-order valence-corrected chi connectivity index (χ2v) is 4.07. The van der Waals surface area contributed by atoms with Gasteiger partial charge in [-0.1, -0.05) is 18.2 Å². The number of halogens is 2. The van der Waals surface area contributed by atoms with Gasteiger partial charge in [-0.05, 0) is 18.1 Å². The number of benzene rings is 1. The summed E-state index contributed by atoms with van der Waals surface area (Å²) in [6, 6.07) is 5.28. The van der Waals surface area contributed by atoms with E-state index in [1.54, 1.807) is 13.0 Å². The molecule has 2 nitrogen and oxygen atoms in total. The van der Waals surface area contributed by atoms with Gasteiger partial charge in [0.25, 0.3) is 6.43 Å². The molecule has 1 aliphatic rings. The molecule has 4 heteroatoms. The molecule has 1 aliphatic heterocycles. The van der Waals surface area contributed by atoms with E-state index in [-0.39, 0.29) is 11.6 Å². The van der Waals surface area contributed by atoms with Crippen LogP contribution in [0.3, 0.4) is 0 Å². The predicted octanol–water partition coefficient (Wildman–Crippen LogP) is 2.17. The van der Waals surface area contributed by atoms with Crippen molar-refractivity contribution in [1.29, 1.82) is 0 Å². The molecule has 0 aliphatic carbocycles. The molecule has 1 saturated heterocycles. The molecule has 0 spiro atoms. The zero-order valence-electron chi connectivity index (χ0n) is 9.26. The predicted molar refractivity (Wildman–Crippen MR) is 59.7 cm³/mol. The van der Waals surface area contributed by atoms with Gasteiger partial charge in [-0.3, -0.25) is 0 Å². The Morgan fingerprint density at radius 1 is 1.31 bits per heavy atom. The Bertz CT molecular complexity index is 360. The Labute approximate surface area is 94.0 Å². The number of alkyl halides is 2. The minimum absolute atomic E-state index is 0.143. The third-order valence-electron chi connectivity index (χ3n) is 3.07. The standard InChI is InChI=1S/C12H16F2N2/c1-8-9(11-7-15-5-6-16-11)3-2-4-10(8)12(13)14/h2-4,11-12,15-16H,5-7H2,1H3. The first-order chi connectivity index (χ1) is 7.70. The van der Waals surface area contributed by atoms with Crippen LogP contribution in [0.25, 0.3) is 0 Å². The molecule has 0 amide bonds. The highest BCUT2D eigenvalue weighted by Crippen LogP contribution is 2.28. The second-order valence-electron chi connectivity index (χ2n) is 4.07. The molecule has 1 aromatic carbocycles. The number of hydrogen-bond acceptors (Lipinski definition) is 2. The van der Waals surface area contributed by atoms with Crippen LogP contribution in [-0.2, 0) is 0 Å². The third kappa shape index (κ3) is 2.23. The SMILES string of the molecule is Cc1c(C(F)F)cccc1C1CNCCN1. The Hall–Kier alpha value is -1.00. The van der Waals surface area contributed by atoms with Crippen LogP contribution in [0.4, 0.5) is 8.78 Å². The van der Waals surface area contributed by atoms with Gasteiger partial charge < -0.3 is 10.6 Å². The van der Waals surface area contributed by atoms with E-state index >= 15 is 0 Å². The summed E-state index contributed by atoms with van der Waals surface area (Å²) in [5, 5.41) is 6.59. The van der Waals surface area contributed by atoms with Crippen molar-refractivity contribution in [3.8, 4) is 0 Å². The highest BCUT2D eigenvalue weighted by atomic mass is 19.3. The fraction of sp³-hybridized carbons (Fsp3) is 0.500. The van der Waals surface area contributed by atoms with Gasteiger partial charge in [0.15, 0.2) is 0 Å². The first kappa shape index (κ1) is 11.5. The largest absolute Gasteiger partial charge is 0.314 e. The number of nitrogens with one attached hydrogen (secondary N) is 2. The molecule has 2 rings (SSSR count). The van der Waals surface area contributed by atoms with Gasteiger partial charge in [0, 0.05) is 31.2 Å². The van der Waals surface area contributed by atoms with Crippen molar-refractivity contribution < 1.29 is 8.78 Å². The highest BCUT2D eigenvalue weighted by Gasteiger charge is 2.19. The maximum Gasteiger partial charge on any atom is 0.264 e. The molecular weight excluding hydrogens is 210 g/mol. The van der Waals surface area contributed by atoms with Crippen LogP contribution in [0.15, 0.2) is 18.2 Å². The van der Waals surface area contributed by atoms with E-state index in [1.807, 2.05) is 6.07 Å². The minimum atomic E-state index is -2.39. The molecule has 88 valence electrons. The molecule has 0 saturated carbocycles. The Morgan fingerprint density at radius 2 is 2.12 bits per heavy atom. The van der Waals surface area contributed by atoms with Crippen LogP contribution < -0.4 is 10.6 Å². The minimum Gasteiger partial charge on any atom is -0.314 e. The van der Waals surface area contributed by atoms with E-state index in [0.717, 1.165) is 25.2 Å². The summed E-state index contributed by atoms with van der Waals surface area (Å²) in [4.78, 5) is 0. The lowest BCUT2D eigenvalue weighted by Crippen LogP contribution is -2.42. The molecule has 0 radical (unpaired) electrons. The lowest BCUT2D eigenvalue weighted by Gasteiger charge is -2.26. The van der Waals surface area contributed by atoms with Crippen molar-refractivity contribution in [1.82, 2.24) is 10.6 Å². The van der Waals surface area contributed by atoms with Gasteiger partial charge in [-0.25, -0.2) is 8.78 Å². The lowest BCUT2D eigenvalue weighted by atomic mass is 9.96. The van der Waals surface area contributed by atoms with E-state index in [9.17, 15) is 8.78 Å². The van der Waals surface area contributed by atoms with Crippen molar-refractivity contribution in [2.24, 2.45) is 0 Å². The smallest absolute Gasteiger partial charge is 0.264 e. The molecule has 1 unspecified atom stereocenters. The molecule has 0 aromatic heterocycles. The van der Waals surface area contributed by atoms with Crippen LogP contribution >= 0.6 is 0 Å². The van der Waals surface area contributed by atoms with Crippen LogP contribution in [0.2, 0.25) is 0 Å². The fourth-order valence-corrected chi connectivity index (χ4v) is 2.16. The van der Waals surface area contributed by atoms with Gasteiger partial charge >= 0.3 is 0 Å². The number of piperazine rings is 1. The molecule has 1 fully saturated rings. The van der Waals surface area contributed by atoms with Crippen molar-refractivity contribution in [2.75, 3.05) is 19.6 Å². The van der Waals surface area contributed by atoms with Crippen LogP contribution in [0, 0.1) is 6.92 Å². The van der Waals surface area contributed by atoms with E-state index in [4.69, 9.17) is 0 Å². The van der Waals surface area contributed by atoms with E-state index in [0.29, 0.717) is 5.56 Å². The van der Waals surface area contributed by atoms with E-state index < -0.39 is 6.43 Å². The van der Waals surface area contributed by atoms with Crippen molar-refractivity contribution in [3.05, 3.63) is 34.9 Å². The summed E-state index contributed by atoms with van der Waals surface area (Å²) in [5.74, 6) is 0. The molecule has 1 atom stereocenters. The fourth-order valence-electron chi connectivity index (χ4n) is 2.16. The summed E-state index contributed by atoms with van der Waals surface area (Å²) in [6.07, 6.45) is -2.39. The van der Waals surface area contributed by atoms with Crippen molar-refractivity contribution in [2.45, 2.75) is 19.4 Å². The lowest BCUT2D eigenvalue weighted by molar-refractivity contribution is 0.150. The van der Waals surface area contributed by atoms with Gasteiger partial charge in [-0.15, -0.1) is 0 Å². The normalized spacial score (nSPS) is 21.4. The van der Waals surface area contributed by atoms with Crippen LogP contribution in [0.5, 0.6) is 0 Å². The maximum atomic E-state index is 12.7. The molecule has 1 heterocycles. The zero-order chi connectivity index (χ0) is 11.5. The first-order valence-corrected chi connectivity index (χ1v) is 5.52. The first-order valence-electron chi connectivity index (χ1n) is 5.52. The van der Waals surface area contributed by atoms with E-state index in [1.165, 1.54) is 6.07 Å². The van der Waals surface area contributed by atoms with Gasteiger partial charge in [-0.2, -0.15) is 0 Å². The summed E-state index contributed by atoms with van der Waals surface area (Å²) >= 11 is 0. The van der Waals surface area contributed by atoms with E-state index in [2.05, 4.69) is 10.6 Å². The molecule has 2 N–H and O–H groups in total. The Morgan fingerprint density at radius 3 is 2.75 bits per heavy atom. The summed E-state index contributed by atoms with van der Waals surface area (Å²) in [5.41, 5.74) is 1.83. The maximum absolute atomic E-state index is 12.7. The van der Waals surface area contributed by atoms with Crippen LogP contribution in [0.1, 0.15) is 29.2 Å². The van der Waals surface area contributed by atoms with Gasteiger partial charge in [0.05, 0.1) is 0 Å². The van der Waals surface area contributed by atoms with Crippen LogP contribution in [-0.4, -0.2) is 19.6 Å². The highest BCUT2D eigenvalue weighted by molar-refractivity contribution is 5.37. The molecular formula is C12H16F2N2. The summed E-state index contributed by atoms with van der Waals surface area (Å²) in [6.45, 7) is 4.38. The summed E-state index contributed by atoms with van der Waals surface area (Å²) < 4.78 is 25.5. The number of hydrogen-bond donors (Lipinski definition) is 2. The monoisotopic (exact) mass is 226 g/mol. The molecule has 16 heavy (non-hydrogen) atoms. The van der Waals surface area contributed by atoms with Crippen molar-refractivity contribution in [3.63, 3.8) is 0 Å². The van der Waals surface area contributed by atoms with Gasteiger partial charge in [0.1, 0.15) is 0 Å². The third-order valence-corrected chi connectivity index (χ3v) is 3.07. The second kappa shape index (κ2) is 4.89. The quantitative estimate of drug-likeness (QED) is 0.807. The zero-order valence-corrected chi connectivity index (χ0v) is 9.26. The van der Waals surface area contributed by atoms with Crippen molar-refractivity contribution >= 4 is 0 Å². The van der Waals surface area contributed by atoms with Gasteiger partial charge in [0.2, 0.25) is 0 Å². The summed E-state index contributed by atoms with van der Waals surface area (Å²) in [7, 11) is 0. The number of rotatable bonds is 2. The molecule has 0 bridgehead atoms. The average Bonchev–Trinajstić information content (AvgIpc) is 2.30.